The predicted molar refractivity (Wildman–Crippen MR) is 89.7 cm³/mol. The van der Waals surface area contributed by atoms with Crippen LogP contribution in [0.2, 0.25) is 0 Å². The monoisotopic (exact) mass is 274 g/mol. The maximum absolute atomic E-state index is 7.20. The lowest BCUT2D eigenvalue weighted by Crippen LogP contribution is -1.86. The average Bonchev–Trinajstić information content (AvgIpc) is 3.19. The first-order chi connectivity index (χ1) is 10.3. The molecule has 2 heteroatoms. The Morgan fingerprint density at radius 3 is 2.67 bits per heavy atom. The molecule has 1 aromatic rings. The van der Waals surface area contributed by atoms with Crippen molar-refractivity contribution in [2.75, 3.05) is 0 Å². The zero-order valence-electron chi connectivity index (χ0n) is 12.2. The van der Waals surface area contributed by atoms with E-state index in [1.165, 1.54) is 30.2 Å². The van der Waals surface area contributed by atoms with Crippen molar-refractivity contribution >= 4 is 23.9 Å². The molecule has 1 aliphatic carbocycles. The Morgan fingerprint density at radius 2 is 2.05 bits per heavy atom. The number of rotatable bonds is 5. The second-order valence-electron chi connectivity index (χ2n) is 5.30. The van der Waals surface area contributed by atoms with Gasteiger partial charge in [0, 0.05) is 17.4 Å². The van der Waals surface area contributed by atoms with Crippen LogP contribution in [0.3, 0.4) is 0 Å². The van der Waals surface area contributed by atoms with Crippen molar-refractivity contribution in [3.05, 3.63) is 64.3 Å². The molecule has 1 saturated carbocycles. The van der Waals surface area contributed by atoms with E-state index in [1.54, 1.807) is 0 Å². The van der Waals surface area contributed by atoms with Gasteiger partial charge in [-0.15, -0.1) is 0 Å². The van der Waals surface area contributed by atoms with Gasteiger partial charge >= 0.3 is 0 Å². The van der Waals surface area contributed by atoms with Crippen molar-refractivity contribution in [1.82, 2.24) is 0 Å². The fourth-order valence-corrected chi connectivity index (χ4v) is 2.34. The molecule has 1 aromatic carbocycles. The summed E-state index contributed by atoms with van der Waals surface area (Å²) in [5.74, 6) is 3.06. The summed E-state index contributed by atoms with van der Waals surface area (Å²) in [5.41, 5.74) is 6.94. The van der Waals surface area contributed by atoms with Gasteiger partial charge in [0.15, 0.2) is 0 Å². The quantitative estimate of drug-likeness (QED) is 0.749. The van der Waals surface area contributed by atoms with E-state index < -0.39 is 0 Å². The van der Waals surface area contributed by atoms with E-state index in [0.717, 1.165) is 28.8 Å². The highest BCUT2D eigenvalue weighted by Gasteiger charge is 2.11. The Bertz CT molecular complexity index is 715. The Morgan fingerprint density at radius 1 is 1.29 bits per heavy atom. The molecule has 0 bridgehead atoms. The molecular formula is C19H18N2. The molecule has 1 N–H and O–H groups in total. The minimum absolute atomic E-state index is 0.878. The van der Waals surface area contributed by atoms with Crippen molar-refractivity contribution in [2.24, 2.45) is 4.99 Å². The number of aliphatic imine (C=N–C) groups is 1. The second kappa shape index (κ2) is 5.90. The predicted octanol–water partition coefficient (Wildman–Crippen LogP) is 4.80. The first-order valence-electron chi connectivity index (χ1n) is 7.35. The average molecular weight is 274 g/mol. The summed E-state index contributed by atoms with van der Waals surface area (Å²) in [6.07, 6.45) is 10.8. The maximum atomic E-state index is 7.20. The summed E-state index contributed by atoms with van der Waals surface area (Å²) in [6.45, 7) is 2.08. The zero-order chi connectivity index (χ0) is 14.7. The molecule has 0 spiro atoms. The topological polar surface area (TPSA) is 36.2 Å². The molecule has 1 fully saturated rings. The van der Waals surface area contributed by atoms with Crippen LogP contribution in [0.15, 0.2) is 58.1 Å². The number of nitrogens with zero attached hydrogens (tertiary/aromatic N) is 1. The van der Waals surface area contributed by atoms with Crippen molar-refractivity contribution in [3.63, 3.8) is 0 Å². The zero-order valence-corrected chi connectivity index (χ0v) is 12.2. The molecule has 3 rings (SSSR count). The van der Waals surface area contributed by atoms with Crippen LogP contribution in [0, 0.1) is 5.41 Å². The van der Waals surface area contributed by atoms with E-state index in [9.17, 15) is 0 Å². The van der Waals surface area contributed by atoms with E-state index in [4.69, 9.17) is 5.41 Å². The lowest BCUT2D eigenvalue weighted by molar-refractivity contribution is 1.14. The van der Waals surface area contributed by atoms with Crippen molar-refractivity contribution in [3.8, 4) is 0 Å². The van der Waals surface area contributed by atoms with Crippen LogP contribution in [-0.4, -0.2) is 12.1 Å². The van der Waals surface area contributed by atoms with Crippen LogP contribution in [0.4, 0.5) is 0 Å². The lowest BCUT2D eigenvalue weighted by Gasteiger charge is -2.01. The molecule has 0 saturated heterocycles. The highest BCUT2D eigenvalue weighted by molar-refractivity contribution is 5.88. The van der Waals surface area contributed by atoms with Gasteiger partial charge in [-0.25, -0.2) is 4.99 Å². The maximum Gasteiger partial charge on any atom is 0.0815 e. The molecule has 1 heterocycles. The molecule has 21 heavy (non-hydrogen) atoms. The molecular weight excluding hydrogens is 256 g/mol. The normalized spacial score (nSPS) is 16.6. The minimum Gasteiger partial charge on any atom is -0.309 e. The van der Waals surface area contributed by atoms with Gasteiger partial charge in [0.1, 0.15) is 0 Å². The molecule has 0 atom stereocenters. The standard InChI is InChI=1S/C19H18N2/c1-2-16(9-10-20)18-12-19(21-13-18)17-7-5-15(6-8-17)11-14-3-4-14/h5-12,20H,2-4H2,1H3/b16-9+,20-10?. The minimum atomic E-state index is 0.878. The van der Waals surface area contributed by atoms with Crippen LogP contribution in [0.1, 0.15) is 37.3 Å². The molecule has 104 valence electrons. The van der Waals surface area contributed by atoms with E-state index in [2.05, 4.69) is 48.1 Å². The largest absolute Gasteiger partial charge is 0.309 e. The van der Waals surface area contributed by atoms with Crippen molar-refractivity contribution in [1.29, 1.82) is 5.41 Å². The molecule has 2 nitrogen and oxygen atoms in total. The summed E-state index contributed by atoms with van der Waals surface area (Å²) < 4.78 is 0. The molecule has 1 aliphatic heterocycles. The van der Waals surface area contributed by atoms with Gasteiger partial charge in [0.2, 0.25) is 0 Å². The van der Waals surface area contributed by atoms with Crippen LogP contribution in [0.25, 0.3) is 11.8 Å². The summed E-state index contributed by atoms with van der Waals surface area (Å²) in [4.78, 5) is 4.38. The first kappa shape index (κ1) is 13.5. The third kappa shape index (κ3) is 3.18. The molecule has 2 aliphatic rings. The Labute approximate surface area is 125 Å². The van der Waals surface area contributed by atoms with Crippen LogP contribution < -0.4 is 0 Å². The van der Waals surface area contributed by atoms with E-state index >= 15 is 0 Å². The number of allylic oxidation sites excluding steroid dienone is 5. The molecule has 0 amide bonds. The molecule has 0 unspecified atom stereocenters. The van der Waals surface area contributed by atoms with Gasteiger partial charge in [-0.2, -0.15) is 0 Å². The van der Waals surface area contributed by atoms with Gasteiger partial charge in [-0.05, 0) is 48.4 Å². The summed E-state index contributed by atoms with van der Waals surface area (Å²) in [7, 11) is 0. The van der Waals surface area contributed by atoms with Gasteiger partial charge in [0.25, 0.3) is 0 Å². The smallest absolute Gasteiger partial charge is 0.0815 e. The molecule has 0 radical (unpaired) electrons. The number of benzene rings is 1. The summed E-state index contributed by atoms with van der Waals surface area (Å²) in [5, 5.41) is 7.20. The van der Waals surface area contributed by atoms with Crippen molar-refractivity contribution < 1.29 is 0 Å². The Hall–Kier alpha value is -2.44. The molecule has 0 aromatic heterocycles. The van der Waals surface area contributed by atoms with Crippen LogP contribution >= 0.6 is 0 Å². The summed E-state index contributed by atoms with van der Waals surface area (Å²) >= 11 is 0. The van der Waals surface area contributed by atoms with E-state index in [-0.39, 0.29) is 0 Å². The third-order valence-corrected chi connectivity index (χ3v) is 3.71. The van der Waals surface area contributed by atoms with Gasteiger partial charge < -0.3 is 5.41 Å². The van der Waals surface area contributed by atoms with E-state index in [0.29, 0.717) is 0 Å². The highest BCUT2D eigenvalue weighted by Crippen LogP contribution is 2.31. The van der Waals surface area contributed by atoms with Gasteiger partial charge in [-0.1, -0.05) is 42.8 Å². The third-order valence-electron chi connectivity index (χ3n) is 3.71. The first-order valence-corrected chi connectivity index (χ1v) is 7.35. The van der Waals surface area contributed by atoms with Crippen LogP contribution in [0.5, 0.6) is 0 Å². The summed E-state index contributed by atoms with van der Waals surface area (Å²) in [6, 6.07) is 8.51. The lowest BCUT2D eigenvalue weighted by atomic mass is 10.0. The number of hydrogen-bond acceptors (Lipinski definition) is 2. The fraction of sp³-hybridized carbons (Fsp3) is 0.211. The Balaban J connectivity index is 1.80. The SMILES string of the molecule is CC/C(=C\C=N)C1=C=NC(c2ccc(C=C3CC3)cc2)=C1. The highest BCUT2D eigenvalue weighted by atomic mass is 14.7. The number of nitrogens with one attached hydrogen (secondary N) is 1. The second-order valence-corrected chi connectivity index (χ2v) is 5.30. The van der Waals surface area contributed by atoms with E-state index in [1.807, 2.05) is 12.2 Å². The Kier molecular flexibility index (Phi) is 3.81. The van der Waals surface area contributed by atoms with Gasteiger partial charge in [0.05, 0.1) is 5.70 Å². The van der Waals surface area contributed by atoms with Crippen molar-refractivity contribution in [2.45, 2.75) is 26.2 Å². The van der Waals surface area contributed by atoms with Gasteiger partial charge in [-0.3, -0.25) is 0 Å². The van der Waals surface area contributed by atoms with Crippen LogP contribution in [-0.2, 0) is 0 Å². The fourth-order valence-electron chi connectivity index (χ4n) is 2.34. The number of hydrogen-bond donors (Lipinski definition) is 1.